The molecule has 19 heavy (non-hydrogen) atoms. The summed E-state index contributed by atoms with van der Waals surface area (Å²) in [4.78, 5) is 12.4. The predicted octanol–water partition coefficient (Wildman–Crippen LogP) is 2.78. The lowest BCUT2D eigenvalue weighted by atomic mass is 10.2. The van der Waals surface area contributed by atoms with E-state index in [0.29, 0.717) is 11.3 Å². The molecular formula is C14H13NO4. The number of hydrogen-bond acceptors (Lipinski definition) is 3. The van der Waals surface area contributed by atoms with Gasteiger partial charge in [-0.3, -0.25) is 4.90 Å². The van der Waals surface area contributed by atoms with Gasteiger partial charge in [0.25, 0.3) is 0 Å². The van der Waals surface area contributed by atoms with Gasteiger partial charge < -0.3 is 15.3 Å². The van der Waals surface area contributed by atoms with Crippen molar-refractivity contribution in [1.29, 1.82) is 0 Å². The van der Waals surface area contributed by atoms with Gasteiger partial charge in [-0.25, -0.2) is 4.79 Å². The van der Waals surface area contributed by atoms with Gasteiger partial charge in [0.05, 0.1) is 12.2 Å². The Morgan fingerprint density at radius 3 is 2.21 bits per heavy atom. The topological polar surface area (TPSA) is 81.0 Å². The first-order valence-corrected chi connectivity index (χ1v) is 5.63. The van der Waals surface area contributed by atoms with Gasteiger partial charge in [-0.1, -0.05) is 18.2 Å². The highest BCUT2D eigenvalue weighted by molar-refractivity contribution is 5.86. The average Bonchev–Trinajstić information content (AvgIpc) is 2.35. The van der Waals surface area contributed by atoms with Crippen molar-refractivity contribution in [2.75, 3.05) is 4.90 Å². The van der Waals surface area contributed by atoms with E-state index in [-0.39, 0.29) is 18.0 Å². The molecule has 98 valence electrons. The van der Waals surface area contributed by atoms with E-state index in [1.165, 1.54) is 24.3 Å². The SMILES string of the molecule is O=C(O)N(Cc1cccc(O)c1)c1cccc(O)c1. The molecule has 1 amide bonds. The summed E-state index contributed by atoms with van der Waals surface area (Å²) in [7, 11) is 0. The lowest BCUT2D eigenvalue weighted by Crippen LogP contribution is -2.28. The van der Waals surface area contributed by atoms with Crippen LogP contribution in [0.3, 0.4) is 0 Å². The molecule has 0 aliphatic heterocycles. The first kappa shape index (κ1) is 12.8. The number of phenolic OH excluding ortho intramolecular Hbond substituents is 2. The van der Waals surface area contributed by atoms with Crippen LogP contribution in [0.4, 0.5) is 10.5 Å². The Morgan fingerprint density at radius 1 is 1.00 bits per heavy atom. The van der Waals surface area contributed by atoms with E-state index < -0.39 is 6.09 Å². The Hall–Kier alpha value is -2.69. The summed E-state index contributed by atoms with van der Waals surface area (Å²) in [5, 5.41) is 28.0. The van der Waals surface area contributed by atoms with Gasteiger partial charge in [0.1, 0.15) is 11.5 Å². The molecule has 0 saturated carbocycles. The highest BCUT2D eigenvalue weighted by atomic mass is 16.4. The number of carboxylic acid groups (broad SMARTS) is 1. The van der Waals surface area contributed by atoms with Crippen molar-refractivity contribution in [2.24, 2.45) is 0 Å². The minimum Gasteiger partial charge on any atom is -0.508 e. The number of benzene rings is 2. The molecule has 0 aliphatic rings. The number of carbonyl (C=O) groups is 1. The summed E-state index contributed by atoms with van der Waals surface area (Å²) in [5.41, 5.74) is 1.03. The largest absolute Gasteiger partial charge is 0.508 e. The third-order valence-electron chi connectivity index (χ3n) is 2.62. The van der Waals surface area contributed by atoms with Gasteiger partial charge in [0, 0.05) is 6.07 Å². The molecule has 0 bridgehead atoms. The van der Waals surface area contributed by atoms with Crippen molar-refractivity contribution in [3.8, 4) is 11.5 Å². The summed E-state index contributed by atoms with van der Waals surface area (Å²) >= 11 is 0. The molecule has 5 nitrogen and oxygen atoms in total. The van der Waals surface area contributed by atoms with Gasteiger partial charge in [-0.15, -0.1) is 0 Å². The highest BCUT2D eigenvalue weighted by Crippen LogP contribution is 2.23. The van der Waals surface area contributed by atoms with E-state index in [2.05, 4.69) is 0 Å². The second kappa shape index (κ2) is 5.30. The minimum atomic E-state index is -1.13. The average molecular weight is 259 g/mol. The van der Waals surface area contributed by atoms with Crippen molar-refractivity contribution in [3.05, 3.63) is 54.1 Å². The molecule has 0 aromatic heterocycles. The fourth-order valence-electron chi connectivity index (χ4n) is 1.77. The Bertz CT molecular complexity index is 598. The Morgan fingerprint density at radius 2 is 1.63 bits per heavy atom. The van der Waals surface area contributed by atoms with E-state index in [1.54, 1.807) is 24.3 Å². The Balaban J connectivity index is 2.29. The van der Waals surface area contributed by atoms with Crippen LogP contribution in [-0.2, 0) is 6.54 Å². The van der Waals surface area contributed by atoms with E-state index >= 15 is 0 Å². The quantitative estimate of drug-likeness (QED) is 0.791. The molecule has 2 aromatic rings. The van der Waals surface area contributed by atoms with Gasteiger partial charge in [0.2, 0.25) is 0 Å². The molecule has 2 aromatic carbocycles. The number of nitrogens with zero attached hydrogens (tertiary/aromatic N) is 1. The second-order valence-corrected chi connectivity index (χ2v) is 4.06. The molecule has 0 atom stereocenters. The number of aromatic hydroxyl groups is 2. The van der Waals surface area contributed by atoms with Crippen molar-refractivity contribution >= 4 is 11.8 Å². The standard InChI is InChI=1S/C14H13NO4/c16-12-5-1-3-10(7-12)9-15(14(18)19)11-4-2-6-13(17)8-11/h1-8,16-17H,9H2,(H,18,19). The smallest absolute Gasteiger partial charge is 0.412 e. The fourth-order valence-corrected chi connectivity index (χ4v) is 1.77. The number of phenols is 2. The molecule has 3 N–H and O–H groups in total. The van der Waals surface area contributed by atoms with Crippen LogP contribution in [0.2, 0.25) is 0 Å². The second-order valence-electron chi connectivity index (χ2n) is 4.06. The van der Waals surface area contributed by atoms with Gasteiger partial charge in [-0.05, 0) is 29.8 Å². The monoisotopic (exact) mass is 259 g/mol. The summed E-state index contributed by atoms with van der Waals surface area (Å²) < 4.78 is 0. The van der Waals surface area contributed by atoms with Crippen LogP contribution in [0, 0.1) is 0 Å². The van der Waals surface area contributed by atoms with Crippen LogP contribution in [0.1, 0.15) is 5.56 Å². The maximum absolute atomic E-state index is 11.3. The van der Waals surface area contributed by atoms with Crippen molar-refractivity contribution in [1.82, 2.24) is 0 Å². The molecule has 0 radical (unpaired) electrons. The van der Waals surface area contributed by atoms with Gasteiger partial charge in [-0.2, -0.15) is 0 Å². The molecule has 0 unspecified atom stereocenters. The number of hydrogen-bond donors (Lipinski definition) is 3. The summed E-state index contributed by atoms with van der Waals surface area (Å²) in [5.74, 6) is 0.0819. The zero-order valence-corrected chi connectivity index (χ0v) is 10.0. The zero-order chi connectivity index (χ0) is 13.8. The molecule has 2 rings (SSSR count). The lowest BCUT2D eigenvalue weighted by Gasteiger charge is -2.19. The number of rotatable bonds is 3. The fraction of sp³-hybridized carbons (Fsp3) is 0.0714. The molecule has 0 aliphatic carbocycles. The minimum absolute atomic E-state index is 0.000316. The Labute approximate surface area is 110 Å². The van der Waals surface area contributed by atoms with Crippen LogP contribution in [0.15, 0.2) is 48.5 Å². The molecule has 0 heterocycles. The maximum Gasteiger partial charge on any atom is 0.412 e. The van der Waals surface area contributed by atoms with Crippen LogP contribution >= 0.6 is 0 Å². The van der Waals surface area contributed by atoms with E-state index in [0.717, 1.165) is 4.90 Å². The van der Waals surface area contributed by atoms with E-state index in [1.807, 2.05) is 0 Å². The normalized spacial score (nSPS) is 10.1. The lowest BCUT2D eigenvalue weighted by molar-refractivity contribution is 0.201. The molecule has 5 heteroatoms. The number of anilines is 1. The first-order chi connectivity index (χ1) is 9.06. The maximum atomic E-state index is 11.3. The Kier molecular flexibility index (Phi) is 3.56. The van der Waals surface area contributed by atoms with Crippen LogP contribution in [0.5, 0.6) is 11.5 Å². The molecule has 0 spiro atoms. The number of amides is 1. The van der Waals surface area contributed by atoms with Gasteiger partial charge >= 0.3 is 6.09 Å². The third kappa shape index (κ3) is 3.16. The van der Waals surface area contributed by atoms with Gasteiger partial charge in [0.15, 0.2) is 0 Å². The molecular weight excluding hydrogens is 246 g/mol. The summed E-state index contributed by atoms with van der Waals surface area (Å²) in [6, 6.07) is 12.4. The zero-order valence-electron chi connectivity index (χ0n) is 10.0. The highest BCUT2D eigenvalue weighted by Gasteiger charge is 2.15. The summed E-state index contributed by atoms with van der Waals surface area (Å²) in [6.07, 6.45) is -1.13. The van der Waals surface area contributed by atoms with Crippen LogP contribution in [0.25, 0.3) is 0 Å². The van der Waals surface area contributed by atoms with Crippen molar-refractivity contribution < 1.29 is 20.1 Å². The third-order valence-corrected chi connectivity index (χ3v) is 2.62. The van der Waals surface area contributed by atoms with Crippen LogP contribution in [-0.4, -0.2) is 21.4 Å². The molecule has 0 saturated heterocycles. The summed E-state index contributed by atoms with van der Waals surface area (Å²) in [6.45, 7) is 0.0905. The van der Waals surface area contributed by atoms with E-state index in [9.17, 15) is 20.1 Å². The van der Waals surface area contributed by atoms with Crippen molar-refractivity contribution in [3.63, 3.8) is 0 Å². The predicted molar refractivity (Wildman–Crippen MR) is 70.4 cm³/mol. The first-order valence-electron chi connectivity index (χ1n) is 5.63. The van der Waals surface area contributed by atoms with Crippen molar-refractivity contribution in [2.45, 2.75) is 6.54 Å². The van der Waals surface area contributed by atoms with E-state index in [4.69, 9.17) is 0 Å². The molecule has 0 fully saturated rings. The van der Waals surface area contributed by atoms with Crippen LogP contribution < -0.4 is 4.90 Å².